The molecule has 4 aromatic rings. The molecule has 0 saturated carbocycles. The van der Waals surface area contributed by atoms with Crippen LogP contribution in [0.5, 0.6) is 5.75 Å². The standard InChI is InChI=1S/C32H27F3N2O4/c1-4-41-31(39)27-19(2)36-25-18-26(20-11-6-5-7-12-20)37(21-13-10-14-22(17-21)40-3)30(38)29(25)28(27)23-15-8-9-16-24(23)32(33,34)35/h5-18,28,36H,4H2,1-3H3. The summed E-state index contributed by atoms with van der Waals surface area (Å²) in [5, 5.41) is 3.12. The van der Waals surface area contributed by atoms with Gasteiger partial charge in [-0.1, -0.05) is 54.6 Å². The van der Waals surface area contributed by atoms with Crippen molar-refractivity contribution in [3.05, 3.63) is 123 Å². The monoisotopic (exact) mass is 560 g/mol. The number of benzene rings is 3. The van der Waals surface area contributed by atoms with Crippen molar-refractivity contribution in [2.24, 2.45) is 0 Å². The molecule has 1 unspecified atom stereocenters. The first-order chi connectivity index (χ1) is 19.7. The molecule has 1 aliphatic heterocycles. The Morgan fingerprint density at radius 2 is 1.68 bits per heavy atom. The summed E-state index contributed by atoms with van der Waals surface area (Å²) in [5.74, 6) is -1.66. The fourth-order valence-corrected chi connectivity index (χ4v) is 5.26. The van der Waals surface area contributed by atoms with Crippen LogP contribution < -0.4 is 15.6 Å². The van der Waals surface area contributed by atoms with Crippen LogP contribution in [0.25, 0.3) is 16.9 Å². The van der Waals surface area contributed by atoms with Crippen LogP contribution in [0.15, 0.2) is 101 Å². The summed E-state index contributed by atoms with van der Waals surface area (Å²) in [6, 6.07) is 22.7. The van der Waals surface area contributed by atoms with Gasteiger partial charge in [0, 0.05) is 11.8 Å². The zero-order chi connectivity index (χ0) is 29.3. The Kier molecular flexibility index (Phi) is 7.45. The first kappa shape index (κ1) is 27.8. The minimum Gasteiger partial charge on any atom is -0.497 e. The van der Waals surface area contributed by atoms with Gasteiger partial charge < -0.3 is 14.8 Å². The number of esters is 1. The molecule has 0 aliphatic carbocycles. The Morgan fingerprint density at radius 1 is 0.976 bits per heavy atom. The second-order valence-electron chi connectivity index (χ2n) is 9.47. The van der Waals surface area contributed by atoms with Crippen LogP contribution in [-0.4, -0.2) is 24.3 Å². The molecule has 5 rings (SSSR count). The van der Waals surface area contributed by atoms with Crippen molar-refractivity contribution in [1.82, 2.24) is 4.57 Å². The maximum atomic E-state index is 14.6. The van der Waals surface area contributed by atoms with E-state index in [0.29, 0.717) is 34.1 Å². The molecule has 2 heterocycles. The fraction of sp³-hybridized carbons (Fsp3) is 0.188. The van der Waals surface area contributed by atoms with Crippen LogP contribution in [0, 0.1) is 0 Å². The van der Waals surface area contributed by atoms with Gasteiger partial charge in [-0.2, -0.15) is 13.2 Å². The number of carbonyl (C=O) groups is 1. The molecule has 3 aromatic carbocycles. The summed E-state index contributed by atoms with van der Waals surface area (Å²) in [6.45, 7) is 3.21. The number of fused-ring (bicyclic) bond motifs is 1. The number of allylic oxidation sites excluding steroid dienone is 1. The van der Waals surface area contributed by atoms with Crippen molar-refractivity contribution >= 4 is 11.7 Å². The topological polar surface area (TPSA) is 69.6 Å². The number of halogens is 3. The number of anilines is 1. The normalized spacial score (nSPS) is 14.7. The van der Waals surface area contributed by atoms with E-state index in [-0.39, 0.29) is 23.3 Å². The van der Waals surface area contributed by atoms with E-state index < -0.39 is 29.2 Å². The minimum atomic E-state index is -4.73. The lowest BCUT2D eigenvalue weighted by Crippen LogP contribution is -2.34. The van der Waals surface area contributed by atoms with Gasteiger partial charge >= 0.3 is 12.1 Å². The minimum absolute atomic E-state index is 0.00199. The van der Waals surface area contributed by atoms with Crippen LogP contribution in [0.4, 0.5) is 18.9 Å². The van der Waals surface area contributed by atoms with Crippen LogP contribution >= 0.6 is 0 Å². The number of alkyl halides is 3. The first-order valence-corrected chi connectivity index (χ1v) is 13.0. The molecule has 1 aliphatic rings. The Bertz CT molecular complexity index is 1710. The molecule has 0 radical (unpaired) electrons. The number of methoxy groups -OCH3 is 1. The van der Waals surface area contributed by atoms with Gasteiger partial charge in [0.2, 0.25) is 0 Å². The fourth-order valence-electron chi connectivity index (χ4n) is 5.26. The molecule has 1 aromatic heterocycles. The summed E-state index contributed by atoms with van der Waals surface area (Å²) < 4.78 is 55.1. The van der Waals surface area contributed by atoms with Gasteiger partial charge in [-0.05, 0) is 49.2 Å². The summed E-state index contributed by atoms with van der Waals surface area (Å²) >= 11 is 0. The van der Waals surface area contributed by atoms with E-state index in [1.165, 1.54) is 29.9 Å². The average molecular weight is 561 g/mol. The Labute approximate surface area is 234 Å². The third-order valence-corrected chi connectivity index (χ3v) is 7.00. The van der Waals surface area contributed by atoms with E-state index >= 15 is 0 Å². The molecule has 41 heavy (non-hydrogen) atoms. The number of nitrogens with one attached hydrogen (secondary N) is 1. The van der Waals surface area contributed by atoms with Crippen molar-refractivity contribution in [2.45, 2.75) is 25.9 Å². The van der Waals surface area contributed by atoms with Gasteiger partial charge in [-0.25, -0.2) is 4.79 Å². The number of hydrogen-bond donors (Lipinski definition) is 1. The van der Waals surface area contributed by atoms with Crippen molar-refractivity contribution in [1.29, 1.82) is 0 Å². The van der Waals surface area contributed by atoms with Crippen LogP contribution in [0.2, 0.25) is 0 Å². The van der Waals surface area contributed by atoms with Gasteiger partial charge in [0.1, 0.15) is 5.75 Å². The third kappa shape index (κ3) is 5.11. The summed E-state index contributed by atoms with van der Waals surface area (Å²) in [7, 11) is 1.50. The predicted molar refractivity (Wildman–Crippen MR) is 150 cm³/mol. The maximum Gasteiger partial charge on any atom is 0.416 e. The van der Waals surface area contributed by atoms with Crippen molar-refractivity contribution in [2.75, 3.05) is 19.0 Å². The number of aromatic nitrogens is 1. The quantitative estimate of drug-likeness (QED) is 0.259. The SMILES string of the molecule is CCOC(=O)C1=C(C)Nc2cc(-c3ccccc3)n(-c3cccc(OC)c3)c(=O)c2C1c1ccccc1C(F)(F)F. The second-order valence-corrected chi connectivity index (χ2v) is 9.47. The number of pyridine rings is 1. The molecule has 0 amide bonds. The number of ether oxygens (including phenoxy) is 2. The van der Waals surface area contributed by atoms with Crippen molar-refractivity contribution in [3.8, 4) is 22.7 Å². The largest absolute Gasteiger partial charge is 0.497 e. The highest BCUT2D eigenvalue weighted by Crippen LogP contribution is 2.46. The Balaban J connectivity index is 1.90. The molecule has 210 valence electrons. The third-order valence-electron chi connectivity index (χ3n) is 7.00. The number of carbonyl (C=O) groups excluding carboxylic acids is 1. The predicted octanol–water partition coefficient (Wildman–Crippen LogP) is 6.93. The zero-order valence-electron chi connectivity index (χ0n) is 22.6. The molecule has 9 heteroatoms. The molecule has 1 N–H and O–H groups in total. The zero-order valence-corrected chi connectivity index (χ0v) is 22.6. The lowest BCUT2D eigenvalue weighted by atomic mass is 9.79. The van der Waals surface area contributed by atoms with Crippen LogP contribution in [0.3, 0.4) is 0 Å². The molecule has 0 fully saturated rings. The summed E-state index contributed by atoms with van der Waals surface area (Å²) in [4.78, 5) is 27.9. The highest BCUT2D eigenvalue weighted by Gasteiger charge is 2.42. The molecule has 0 spiro atoms. The lowest BCUT2D eigenvalue weighted by molar-refractivity contribution is -0.140. The van der Waals surface area contributed by atoms with Gasteiger partial charge in [-0.15, -0.1) is 0 Å². The maximum absolute atomic E-state index is 14.6. The molecular formula is C32H27F3N2O4. The molecular weight excluding hydrogens is 533 g/mol. The summed E-state index contributed by atoms with van der Waals surface area (Å²) in [5.41, 5.74) is 0.471. The van der Waals surface area contributed by atoms with E-state index in [1.807, 2.05) is 30.3 Å². The molecule has 1 atom stereocenters. The molecule has 0 saturated heterocycles. The van der Waals surface area contributed by atoms with Gasteiger partial charge in [0.15, 0.2) is 0 Å². The van der Waals surface area contributed by atoms with E-state index in [1.54, 1.807) is 44.2 Å². The Morgan fingerprint density at radius 3 is 2.37 bits per heavy atom. The van der Waals surface area contributed by atoms with Gasteiger partial charge in [0.25, 0.3) is 5.56 Å². The second kappa shape index (κ2) is 11.0. The molecule has 0 bridgehead atoms. The lowest BCUT2D eigenvalue weighted by Gasteiger charge is -2.32. The summed E-state index contributed by atoms with van der Waals surface area (Å²) in [6.07, 6.45) is -4.73. The first-order valence-electron chi connectivity index (χ1n) is 13.0. The Hall–Kier alpha value is -4.79. The van der Waals surface area contributed by atoms with E-state index in [4.69, 9.17) is 9.47 Å². The highest BCUT2D eigenvalue weighted by molar-refractivity contribution is 5.95. The van der Waals surface area contributed by atoms with E-state index in [2.05, 4.69) is 5.32 Å². The van der Waals surface area contributed by atoms with Gasteiger partial charge in [0.05, 0.1) is 53.4 Å². The van der Waals surface area contributed by atoms with Crippen molar-refractivity contribution in [3.63, 3.8) is 0 Å². The average Bonchev–Trinajstić information content (AvgIpc) is 2.96. The highest BCUT2D eigenvalue weighted by atomic mass is 19.4. The van der Waals surface area contributed by atoms with Crippen LogP contribution in [0.1, 0.15) is 36.5 Å². The van der Waals surface area contributed by atoms with E-state index in [9.17, 15) is 22.8 Å². The number of rotatable bonds is 6. The van der Waals surface area contributed by atoms with Crippen molar-refractivity contribution < 1.29 is 27.4 Å². The van der Waals surface area contributed by atoms with E-state index in [0.717, 1.165) is 6.07 Å². The number of nitrogens with zero attached hydrogens (tertiary/aromatic N) is 1. The van der Waals surface area contributed by atoms with Crippen LogP contribution in [-0.2, 0) is 15.7 Å². The smallest absolute Gasteiger partial charge is 0.416 e. The molecule has 6 nitrogen and oxygen atoms in total. The van der Waals surface area contributed by atoms with Gasteiger partial charge in [-0.3, -0.25) is 9.36 Å². The number of hydrogen-bond acceptors (Lipinski definition) is 5.